The molecular formula is C9H16N4O. The Balaban J connectivity index is 2.03. The summed E-state index contributed by atoms with van der Waals surface area (Å²) >= 11 is 0. The van der Waals surface area contributed by atoms with Crippen LogP contribution >= 0.6 is 0 Å². The zero-order valence-electron chi connectivity index (χ0n) is 8.28. The summed E-state index contributed by atoms with van der Waals surface area (Å²) in [7, 11) is 0. The molecule has 2 heterocycles. The molecule has 5 nitrogen and oxygen atoms in total. The van der Waals surface area contributed by atoms with Gasteiger partial charge < -0.3 is 10.1 Å². The summed E-state index contributed by atoms with van der Waals surface area (Å²) in [6, 6.07) is 0. The van der Waals surface area contributed by atoms with Gasteiger partial charge in [-0.2, -0.15) is 0 Å². The van der Waals surface area contributed by atoms with Crippen LogP contribution in [0.1, 0.15) is 19.3 Å². The van der Waals surface area contributed by atoms with Crippen LogP contribution in [0.5, 0.6) is 0 Å². The molecule has 78 valence electrons. The van der Waals surface area contributed by atoms with Gasteiger partial charge in [0.25, 0.3) is 0 Å². The van der Waals surface area contributed by atoms with Crippen molar-refractivity contribution in [3.05, 3.63) is 10.4 Å². The molecular weight excluding hydrogens is 180 g/mol. The Labute approximate surface area is 83.4 Å². The first kappa shape index (κ1) is 9.77. The molecule has 0 aliphatic carbocycles. The molecule has 2 rings (SSSR count). The van der Waals surface area contributed by atoms with Crippen LogP contribution in [0.3, 0.4) is 0 Å². The fourth-order valence-electron chi connectivity index (χ4n) is 2.60. The molecule has 2 aliphatic heterocycles. The molecule has 1 unspecified atom stereocenters. The number of ether oxygens (including phenoxy) is 1. The fraction of sp³-hybridized carbons (Fsp3) is 1.00. The van der Waals surface area contributed by atoms with Crippen LogP contribution in [-0.4, -0.2) is 32.3 Å². The summed E-state index contributed by atoms with van der Waals surface area (Å²) in [5.41, 5.74) is 8.59. The SMILES string of the molecule is [N-]=[N+]=NCC1OCCC12CCNCC2. The minimum Gasteiger partial charge on any atom is -0.377 e. The molecule has 1 atom stereocenters. The van der Waals surface area contributed by atoms with Gasteiger partial charge in [0.2, 0.25) is 0 Å². The highest BCUT2D eigenvalue weighted by Gasteiger charge is 2.43. The first-order valence-corrected chi connectivity index (χ1v) is 5.21. The predicted octanol–water partition coefficient (Wildman–Crippen LogP) is 1.46. The number of rotatable bonds is 2. The molecule has 2 fully saturated rings. The molecule has 0 saturated carbocycles. The first-order chi connectivity index (χ1) is 6.87. The van der Waals surface area contributed by atoms with Crippen molar-refractivity contribution in [2.45, 2.75) is 25.4 Å². The number of hydrogen-bond acceptors (Lipinski definition) is 3. The molecule has 0 bridgehead atoms. The highest BCUT2D eigenvalue weighted by molar-refractivity contribution is 4.95. The number of nitrogens with zero attached hydrogens (tertiary/aromatic N) is 3. The third kappa shape index (κ3) is 1.71. The van der Waals surface area contributed by atoms with E-state index < -0.39 is 0 Å². The van der Waals surface area contributed by atoms with Gasteiger partial charge in [0.05, 0.1) is 12.6 Å². The van der Waals surface area contributed by atoms with Gasteiger partial charge in [0.1, 0.15) is 0 Å². The molecule has 0 aromatic heterocycles. The van der Waals surface area contributed by atoms with Crippen LogP contribution in [0.2, 0.25) is 0 Å². The topological polar surface area (TPSA) is 70.0 Å². The Kier molecular flexibility index (Phi) is 2.91. The Hall–Kier alpha value is -0.770. The second-order valence-corrected chi connectivity index (χ2v) is 4.14. The Bertz CT molecular complexity index is 243. The fourth-order valence-corrected chi connectivity index (χ4v) is 2.60. The Morgan fingerprint density at radius 1 is 1.43 bits per heavy atom. The van der Waals surface area contributed by atoms with Gasteiger partial charge in [-0.05, 0) is 37.9 Å². The second-order valence-electron chi connectivity index (χ2n) is 4.14. The van der Waals surface area contributed by atoms with E-state index in [1.165, 1.54) is 0 Å². The van der Waals surface area contributed by atoms with E-state index in [1.54, 1.807) is 0 Å². The normalized spacial score (nSPS) is 30.1. The van der Waals surface area contributed by atoms with Crippen molar-refractivity contribution in [2.75, 3.05) is 26.2 Å². The van der Waals surface area contributed by atoms with Crippen LogP contribution in [0.25, 0.3) is 10.4 Å². The lowest BCUT2D eigenvalue weighted by molar-refractivity contribution is 0.0388. The number of nitrogens with one attached hydrogen (secondary N) is 1. The largest absolute Gasteiger partial charge is 0.377 e. The van der Waals surface area contributed by atoms with Gasteiger partial charge in [-0.25, -0.2) is 0 Å². The number of piperidine rings is 1. The third-order valence-electron chi connectivity index (χ3n) is 3.51. The standard InChI is InChI=1S/C9H16N4O/c10-13-12-7-8-9(3-6-14-8)1-4-11-5-2-9/h8,11H,1-7H2. The lowest BCUT2D eigenvalue weighted by Crippen LogP contribution is -2.42. The molecule has 1 spiro atoms. The zero-order chi connectivity index (χ0) is 9.86. The summed E-state index contributed by atoms with van der Waals surface area (Å²) in [5, 5.41) is 6.99. The van der Waals surface area contributed by atoms with Gasteiger partial charge >= 0.3 is 0 Å². The lowest BCUT2D eigenvalue weighted by atomic mass is 9.73. The van der Waals surface area contributed by atoms with Crippen LogP contribution in [0.4, 0.5) is 0 Å². The lowest BCUT2D eigenvalue weighted by Gasteiger charge is -2.37. The molecule has 0 amide bonds. The molecule has 14 heavy (non-hydrogen) atoms. The molecule has 0 radical (unpaired) electrons. The van der Waals surface area contributed by atoms with Crippen LogP contribution in [0.15, 0.2) is 5.11 Å². The van der Waals surface area contributed by atoms with Crippen LogP contribution < -0.4 is 5.32 Å². The average molecular weight is 196 g/mol. The number of azide groups is 1. The minimum absolute atomic E-state index is 0.153. The van der Waals surface area contributed by atoms with Gasteiger partial charge in [0.15, 0.2) is 0 Å². The average Bonchev–Trinajstić information content (AvgIpc) is 2.59. The van der Waals surface area contributed by atoms with Crippen LogP contribution in [0, 0.1) is 5.41 Å². The van der Waals surface area contributed by atoms with Crippen molar-refractivity contribution < 1.29 is 4.74 Å². The van der Waals surface area contributed by atoms with E-state index in [0.717, 1.165) is 39.0 Å². The smallest absolute Gasteiger partial charge is 0.0689 e. The molecule has 0 aromatic rings. The predicted molar refractivity (Wildman–Crippen MR) is 52.9 cm³/mol. The van der Waals surface area contributed by atoms with Crippen molar-refractivity contribution in [2.24, 2.45) is 10.5 Å². The maximum Gasteiger partial charge on any atom is 0.0689 e. The second kappa shape index (κ2) is 4.17. The van der Waals surface area contributed by atoms with E-state index in [4.69, 9.17) is 10.3 Å². The summed E-state index contributed by atoms with van der Waals surface area (Å²) < 4.78 is 5.66. The van der Waals surface area contributed by atoms with E-state index in [2.05, 4.69) is 15.3 Å². The van der Waals surface area contributed by atoms with Crippen molar-refractivity contribution >= 4 is 0 Å². The van der Waals surface area contributed by atoms with Gasteiger partial charge in [0, 0.05) is 16.9 Å². The van der Waals surface area contributed by atoms with Crippen molar-refractivity contribution in [3.8, 4) is 0 Å². The monoisotopic (exact) mass is 196 g/mol. The third-order valence-corrected chi connectivity index (χ3v) is 3.51. The van der Waals surface area contributed by atoms with E-state index in [0.29, 0.717) is 12.0 Å². The van der Waals surface area contributed by atoms with Crippen LogP contribution in [-0.2, 0) is 4.74 Å². The summed E-state index contributed by atoms with van der Waals surface area (Å²) in [6.45, 7) is 3.45. The van der Waals surface area contributed by atoms with E-state index in [-0.39, 0.29) is 6.10 Å². The quantitative estimate of drug-likeness (QED) is 0.412. The van der Waals surface area contributed by atoms with E-state index >= 15 is 0 Å². The number of hydrogen-bond donors (Lipinski definition) is 1. The highest BCUT2D eigenvalue weighted by atomic mass is 16.5. The van der Waals surface area contributed by atoms with Gasteiger partial charge in [-0.3, -0.25) is 0 Å². The summed E-state index contributed by atoms with van der Waals surface area (Å²) in [4.78, 5) is 2.81. The minimum atomic E-state index is 0.153. The van der Waals surface area contributed by atoms with Crippen molar-refractivity contribution in [3.63, 3.8) is 0 Å². The molecule has 2 saturated heterocycles. The Morgan fingerprint density at radius 2 is 2.21 bits per heavy atom. The van der Waals surface area contributed by atoms with Gasteiger partial charge in [-0.1, -0.05) is 5.11 Å². The molecule has 2 aliphatic rings. The molecule has 5 heteroatoms. The van der Waals surface area contributed by atoms with E-state index in [9.17, 15) is 0 Å². The zero-order valence-corrected chi connectivity index (χ0v) is 8.28. The summed E-state index contributed by atoms with van der Waals surface area (Å²) in [6.07, 6.45) is 3.58. The maximum absolute atomic E-state index is 8.30. The molecule has 0 aromatic carbocycles. The van der Waals surface area contributed by atoms with Crippen molar-refractivity contribution in [1.82, 2.24) is 5.32 Å². The van der Waals surface area contributed by atoms with Gasteiger partial charge in [-0.15, -0.1) is 0 Å². The molecule has 1 N–H and O–H groups in total. The highest BCUT2D eigenvalue weighted by Crippen LogP contribution is 2.42. The first-order valence-electron chi connectivity index (χ1n) is 5.21. The Morgan fingerprint density at radius 3 is 2.93 bits per heavy atom. The maximum atomic E-state index is 8.30. The van der Waals surface area contributed by atoms with E-state index in [1.807, 2.05) is 0 Å². The van der Waals surface area contributed by atoms with Crippen molar-refractivity contribution in [1.29, 1.82) is 0 Å². The summed E-state index contributed by atoms with van der Waals surface area (Å²) in [5.74, 6) is 0.